The molecule has 0 aliphatic rings. The third-order valence-corrected chi connectivity index (χ3v) is 4.14. The van der Waals surface area contributed by atoms with Gasteiger partial charge in [0, 0.05) is 18.5 Å². The molecule has 1 aromatic carbocycles. The second-order valence-electron chi connectivity index (χ2n) is 7.57. The SMILES string of the molecule is CC(C)NC(=O)C(Cc1ccccc1)NC(=O)C(CCCCN)NC(C)C. The Morgan fingerprint density at radius 2 is 1.52 bits per heavy atom. The molecule has 2 atom stereocenters. The zero-order valence-corrected chi connectivity index (χ0v) is 17.1. The first-order valence-electron chi connectivity index (χ1n) is 9.94. The van der Waals surface area contributed by atoms with Crippen LogP contribution >= 0.6 is 0 Å². The van der Waals surface area contributed by atoms with Crippen molar-refractivity contribution < 1.29 is 9.59 Å². The molecule has 27 heavy (non-hydrogen) atoms. The maximum absolute atomic E-state index is 12.9. The molecular formula is C21H36N4O2. The van der Waals surface area contributed by atoms with E-state index in [0.29, 0.717) is 19.4 Å². The van der Waals surface area contributed by atoms with Crippen molar-refractivity contribution in [3.63, 3.8) is 0 Å². The summed E-state index contributed by atoms with van der Waals surface area (Å²) in [7, 11) is 0. The van der Waals surface area contributed by atoms with Gasteiger partial charge in [0.2, 0.25) is 11.8 Å². The lowest BCUT2D eigenvalue weighted by molar-refractivity contribution is -0.130. The quantitative estimate of drug-likeness (QED) is 0.418. The van der Waals surface area contributed by atoms with Crippen molar-refractivity contribution in [2.24, 2.45) is 5.73 Å². The number of benzene rings is 1. The van der Waals surface area contributed by atoms with Gasteiger partial charge in [-0.3, -0.25) is 9.59 Å². The number of carbonyl (C=O) groups is 2. The first kappa shape index (κ1) is 23.1. The van der Waals surface area contributed by atoms with Gasteiger partial charge in [0.15, 0.2) is 0 Å². The second kappa shape index (κ2) is 12.5. The molecule has 152 valence electrons. The normalized spacial score (nSPS) is 13.4. The van der Waals surface area contributed by atoms with Crippen LogP contribution in [0.5, 0.6) is 0 Å². The minimum atomic E-state index is -0.603. The van der Waals surface area contributed by atoms with Crippen molar-refractivity contribution >= 4 is 11.8 Å². The van der Waals surface area contributed by atoms with Gasteiger partial charge in [0.05, 0.1) is 6.04 Å². The summed E-state index contributed by atoms with van der Waals surface area (Å²) in [6, 6.07) is 8.99. The summed E-state index contributed by atoms with van der Waals surface area (Å²) in [5.74, 6) is -0.298. The molecule has 0 fully saturated rings. The van der Waals surface area contributed by atoms with Crippen molar-refractivity contribution in [3.05, 3.63) is 35.9 Å². The van der Waals surface area contributed by atoms with Crippen LogP contribution in [0.25, 0.3) is 0 Å². The van der Waals surface area contributed by atoms with Crippen LogP contribution in [0, 0.1) is 0 Å². The van der Waals surface area contributed by atoms with E-state index in [1.165, 1.54) is 0 Å². The van der Waals surface area contributed by atoms with Crippen LogP contribution in [0.4, 0.5) is 0 Å². The fourth-order valence-electron chi connectivity index (χ4n) is 2.90. The van der Waals surface area contributed by atoms with E-state index >= 15 is 0 Å². The van der Waals surface area contributed by atoms with Crippen molar-refractivity contribution in [2.75, 3.05) is 6.54 Å². The third-order valence-electron chi connectivity index (χ3n) is 4.14. The number of carbonyl (C=O) groups excluding carboxylic acids is 2. The zero-order chi connectivity index (χ0) is 20.2. The molecule has 0 radical (unpaired) electrons. The van der Waals surface area contributed by atoms with E-state index in [0.717, 1.165) is 18.4 Å². The molecule has 1 aromatic rings. The molecule has 0 saturated heterocycles. The summed E-state index contributed by atoms with van der Waals surface area (Å²) in [6.07, 6.45) is 2.91. The predicted molar refractivity (Wildman–Crippen MR) is 110 cm³/mol. The molecular weight excluding hydrogens is 340 g/mol. The van der Waals surface area contributed by atoms with Gasteiger partial charge in [-0.15, -0.1) is 0 Å². The number of amides is 2. The Kier molecular flexibility index (Phi) is 10.7. The Labute approximate surface area is 163 Å². The van der Waals surface area contributed by atoms with Gasteiger partial charge >= 0.3 is 0 Å². The molecule has 0 heterocycles. The largest absolute Gasteiger partial charge is 0.352 e. The average molecular weight is 377 g/mol. The molecule has 0 aliphatic carbocycles. The Hall–Kier alpha value is -1.92. The number of hydrogen-bond donors (Lipinski definition) is 4. The predicted octanol–water partition coefficient (Wildman–Crippen LogP) is 1.73. The van der Waals surface area contributed by atoms with Gasteiger partial charge < -0.3 is 21.7 Å². The first-order chi connectivity index (χ1) is 12.8. The summed E-state index contributed by atoms with van der Waals surface area (Å²) in [5, 5.41) is 9.17. The highest BCUT2D eigenvalue weighted by Gasteiger charge is 2.26. The Morgan fingerprint density at radius 3 is 2.07 bits per heavy atom. The van der Waals surface area contributed by atoms with E-state index in [4.69, 9.17) is 5.73 Å². The van der Waals surface area contributed by atoms with E-state index < -0.39 is 6.04 Å². The van der Waals surface area contributed by atoms with Crippen LogP contribution in [0.1, 0.15) is 52.5 Å². The number of nitrogens with one attached hydrogen (secondary N) is 3. The van der Waals surface area contributed by atoms with Gasteiger partial charge in [-0.25, -0.2) is 0 Å². The monoisotopic (exact) mass is 376 g/mol. The summed E-state index contributed by atoms with van der Waals surface area (Å²) >= 11 is 0. The van der Waals surface area contributed by atoms with Crippen LogP contribution in [0.15, 0.2) is 30.3 Å². The van der Waals surface area contributed by atoms with Crippen LogP contribution in [0.2, 0.25) is 0 Å². The van der Waals surface area contributed by atoms with Gasteiger partial charge in [0.1, 0.15) is 6.04 Å². The minimum absolute atomic E-state index is 0.0156. The van der Waals surface area contributed by atoms with Crippen molar-refractivity contribution in [3.8, 4) is 0 Å². The molecule has 2 unspecified atom stereocenters. The van der Waals surface area contributed by atoms with Gasteiger partial charge in [-0.05, 0) is 38.8 Å². The van der Waals surface area contributed by atoms with Crippen molar-refractivity contribution in [1.82, 2.24) is 16.0 Å². The van der Waals surface area contributed by atoms with E-state index in [2.05, 4.69) is 16.0 Å². The van der Waals surface area contributed by atoms with Gasteiger partial charge in [-0.2, -0.15) is 0 Å². The molecule has 6 nitrogen and oxygen atoms in total. The molecule has 1 rings (SSSR count). The zero-order valence-electron chi connectivity index (χ0n) is 17.1. The number of unbranched alkanes of at least 4 members (excludes halogenated alkanes) is 1. The molecule has 0 aliphatic heterocycles. The fourth-order valence-corrected chi connectivity index (χ4v) is 2.90. The maximum Gasteiger partial charge on any atom is 0.243 e. The van der Waals surface area contributed by atoms with E-state index in [9.17, 15) is 9.59 Å². The lowest BCUT2D eigenvalue weighted by Crippen LogP contribution is -2.55. The topological polar surface area (TPSA) is 96.2 Å². The standard InChI is InChI=1S/C21H36N4O2/c1-15(2)23-18(12-8-9-13-22)20(26)25-19(21(27)24-16(3)4)14-17-10-6-5-7-11-17/h5-7,10-11,15-16,18-19,23H,8-9,12-14,22H2,1-4H3,(H,24,27)(H,25,26). The first-order valence-corrected chi connectivity index (χ1v) is 9.94. The van der Waals surface area contributed by atoms with Crippen molar-refractivity contribution in [1.29, 1.82) is 0 Å². The third kappa shape index (κ3) is 9.54. The molecule has 2 amide bonds. The maximum atomic E-state index is 12.9. The fraction of sp³-hybridized carbons (Fsp3) is 0.619. The van der Waals surface area contributed by atoms with E-state index in [1.807, 2.05) is 58.0 Å². The summed E-state index contributed by atoms with van der Waals surface area (Å²) in [4.78, 5) is 25.5. The number of rotatable bonds is 12. The van der Waals surface area contributed by atoms with Crippen LogP contribution in [0.3, 0.4) is 0 Å². The Bertz CT molecular complexity index is 561. The molecule has 0 spiro atoms. The molecule has 5 N–H and O–H groups in total. The number of nitrogens with two attached hydrogens (primary N) is 1. The van der Waals surface area contributed by atoms with Gasteiger partial charge in [0.25, 0.3) is 0 Å². The summed E-state index contributed by atoms with van der Waals surface area (Å²) < 4.78 is 0. The molecule has 0 bridgehead atoms. The lowest BCUT2D eigenvalue weighted by Gasteiger charge is -2.25. The summed E-state index contributed by atoms with van der Waals surface area (Å²) in [5.41, 5.74) is 6.58. The van der Waals surface area contributed by atoms with Crippen LogP contribution in [-0.4, -0.2) is 42.5 Å². The Morgan fingerprint density at radius 1 is 0.889 bits per heavy atom. The highest BCUT2D eigenvalue weighted by atomic mass is 16.2. The van der Waals surface area contributed by atoms with E-state index in [-0.39, 0.29) is 29.9 Å². The smallest absolute Gasteiger partial charge is 0.243 e. The molecule has 0 aromatic heterocycles. The average Bonchev–Trinajstić information content (AvgIpc) is 2.60. The Balaban J connectivity index is 2.85. The molecule has 0 saturated carbocycles. The number of hydrogen-bond acceptors (Lipinski definition) is 4. The second-order valence-corrected chi connectivity index (χ2v) is 7.57. The minimum Gasteiger partial charge on any atom is -0.352 e. The summed E-state index contributed by atoms with van der Waals surface area (Å²) in [6.45, 7) is 8.46. The van der Waals surface area contributed by atoms with Crippen LogP contribution < -0.4 is 21.7 Å². The lowest BCUT2D eigenvalue weighted by atomic mass is 10.0. The van der Waals surface area contributed by atoms with Gasteiger partial charge in [-0.1, -0.05) is 50.6 Å². The molecule has 6 heteroatoms. The van der Waals surface area contributed by atoms with E-state index in [1.54, 1.807) is 0 Å². The van der Waals surface area contributed by atoms with Crippen molar-refractivity contribution in [2.45, 2.75) is 77.5 Å². The highest BCUT2D eigenvalue weighted by molar-refractivity contribution is 5.90. The van der Waals surface area contributed by atoms with Crippen LogP contribution in [-0.2, 0) is 16.0 Å². The highest BCUT2D eigenvalue weighted by Crippen LogP contribution is 2.07.